The summed E-state index contributed by atoms with van der Waals surface area (Å²) in [7, 11) is -2.02. The lowest BCUT2D eigenvalue weighted by molar-refractivity contribution is -0.144. The van der Waals surface area contributed by atoms with Gasteiger partial charge in [0.15, 0.2) is 11.6 Å². The minimum atomic E-state index is -3.50. The van der Waals surface area contributed by atoms with E-state index in [1.165, 1.54) is 11.4 Å². The van der Waals surface area contributed by atoms with E-state index < -0.39 is 62.5 Å². The first-order valence-electron chi connectivity index (χ1n) is 19.6. The van der Waals surface area contributed by atoms with E-state index in [1.807, 2.05) is 27.7 Å². The molecular formula is C40H66N4O7S. The molecule has 3 saturated carbocycles. The van der Waals surface area contributed by atoms with Crippen molar-refractivity contribution in [1.82, 2.24) is 19.8 Å². The number of carbonyl (C=O) groups is 5. The van der Waals surface area contributed by atoms with Gasteiger partial charge in [-0.05, 0) is 72.5 Å². The molecule has 0 aromatic heterocycles. The summed E-state index contributed by atoms with van der Waals surface area (Å²) < 4.78 is 25.8. The number of Topliss-reactive ketones (excluding diaryl/α,β-unsaturated/α-hetero) is 3. The Morgan fingerprint density at radius 1 is 0.981 bits per heavy atom. The molecule has 4 aliphatic rings. The first-order chi connectivity index (χ1) is 24.1. The van der Waals surface area contributed by atoms with Gasteiger partial charge in [-0.2, -0.15) is 0 Å². The van der Waals surface area contributed by atoms with Gasteiger partial charge in [0.1, 0.15) is 6.04 Å². The van der Waals surface area contributed by atoms with Crippen molar-refractivity contribution in [2.24, 2.45) is 39.9 Å². The van der Waals surface area contributed by atoms with Gasteiger partial charge in [-0.15, -0.1) is 6.58 Å². The molecule has 0 aromatic carbocycles. The summed E-state index contributed by atoms with van der Waals surface area (Å²) in [6.45, 7) is 16.3. The third-order valence-electron chi connectivity index (χ3n) is 12.9. The van der Waals surface area contributed by atoms with Crippen LogP contribution in [-0.4, -0.2) is 91.4 Å². The SMILES string of the molecule is C=CCCC(=O)C(=O)C(CC(=O)[C@@H]1[C@H]2CCC(C)(C)[C@H]2CN1C(=O)[C@@H](NC(=O)N[C@H](CN(C)S(C)(=O)=O)C(C)(C)C)C1(C)CCCCC1)CC1CC1. The Morgan fingerprint density at radius 2 is 1.62 bits per heavy atom. The van der Waals surface area contributed by atoms with Crippen molar-refractivity contribution < 1.29 is 32.4 Å². The molecule has 1 saturated heterocycles. The van der Waals surface area contributed by atoms with Crippen LogP contribution in [-0.2, 0) is 29.2 Å². The molecule has 52 heavy (non-hydrogen) atoms. The Balaban J connectivity index is 1.64. The monoisotopic (exact) mass is 746 g/mol. The van der Waals surface area contributed by atoms with Crippen molar-refractivity contribution in [3.63, 3.8) is 0 Å². The van der Waals surface area contributed by atoms with Gasteiger partial charge in [0, 0.05) is 44.9 Å². The fourth-order valence-corrected chi connectivity index (χ4v) is 9.48. The maximum atomic E-state index is 15.1. The highest BCUT2D eigenvalue weighted by molar-refractivity contribution is 7.88. The molecule has 6 atom stereocenters. The van der Waals surface area contributed by atoms with Crippen molar-refractivity contribution in [2.45, 2.75) is 143 Å². The van der Waals surface area contributed by atoms with Crippen LogP contribution in [0.15, 0.2) is 12.7 Å². The van der Waals surface area contributed by atoms with Gasteiger partial charge in [0.05, 0.1) is 12.3 Å². The van der Waals surface area contributed by atoms with E-state index in [-0.39, 0.29) is 48.3 Å². The Hall–Kier alpha value is -2.60. The maximum Gasteiger partial charge on any atom is 0.315 e. The van der Waals surface area contributed by atoms with E-state index in [1.54, 1.807) is 11.0 Å². The number of nitrogens with zero attached hydrogens (tertiary/aromatic N) is 2. The van der Waals surface area contributed by atoms with E-state index in [2.05, 4.69) is 31.1 Å². The number of likely N-dealkylation sites (tertiary alicyclic amines) is 1. The van der Waals surface area contributed by atoms with Crippen LogP contribution in [0.4, 0.5) is 4.79 Å². The average Bonchev–Trinajstić information content (AvgIpc) is 3.70. The molecule has 3 amide bonds. The van der Waals surface area contributed by atoms with Crippen LogP contribution in [0, 0.1) is 39.9 Å². The fraction of sp³-hybridized carbons (Fsp3) is 0.825. The highest BCUT2D eigenvalue weighted by Crippen LogP contribution is 2.54. The molecule has 11 nitrogen and oxygen atoms in total. The quantitative estimate of drug-likeness (QED) is 0.144. The summed E-state index contributed by atoms with van der Waals surface area (Å²) in [6, 6.07) is -2.76. The highest BCUT2D eigenvalue weighted by Gasteiger charge is 2.57. The summed E-state index contributed by atoms with van der Waals surface area (Å²) in [5.41, 5.74) is -1.15. The van der Waals surface area contributed by atoms with Crippen molar-refractivity contribution in [3.8, 4) is 0 Å². The number of fused-ring (bicyclic) bond motifs is 1. The van der Waals surface area contributed by atoms with Crippen LogP contribution >= 0.6 is 0 Å². The van der Waals surface area contributed by atoms with Crippen molar-refractivity contribution in [3.05, 3.63) is 12.7 Å². The smallest absolute Gasteiger partial charge is 0.315 e. The van der Waals surface area contributed by atoms with Gasteiger partial charge in [-0.1, -0.05) is 79.7 Å². The lowest BCUT2D eigenvalue weighted by atomic mass is 9.70. The van der Waals surface area contributed by atoms with Gasteiger partial charge < -0.3 is 15.5 Å². The summed E-state index contributed by atoms with van der Waals surface area (Å²) in [5.74, 6) is -1.73. The molecule has 1 unspecified atom stereocenters. The second kappa shape index (κ2) is 16.4. The Labute approximate surface area is 312 Å². The molecule has 4 rings (SSSR count). The number of amides is 3. The standard InChI is InChI=1S/C40H66N4O7S/c1-10-11-15-30(45)34(47)27(22-26-16-17-26)23-31(46)33-28-18-21-39(5,6)29(28)24-44(33)36(48)35(40(7)19-13-12-14-20-40)42-37(49)41-32(38(2,3)4)25-43(8)52(9,50)51/h10,26-29,32-33,35H,1,11-25H2,2-9H3,(H2,41,42,49)/t27?,28-,29-,32+,33-,35+/m0/s1. The molecule has 0 radical (unpaired) electrons. The van der Waals surface area contributed by atoms with Crippen molar-refractivity contribution in [2.75, 3.05) is 26.4 Å². The van der Waals surface area contributed by atoms with Crippen LogP contribution < -0.4 is 10.6 Å². The Bertz CT molecular complexity index is 1470. The number of urea groups is 1. The third kappa shape index (κ3) is 10.1. The average molecular weight is 747 g/mol. The maximum absolute atomic E-state index is 15.1. The first-order valence-corrected chi connectivity index (χ1v) is 21.4. The van der Waals surface area contributed by atoms with E-state index >= 15 is 4.79 Å². The molecule has 0 aromatic rings. The topological polar surface area (TPSA) is 150 Å². The summed E-state index contributed by atoms with van der Waals surface area (Å²) in [6.07, 6.45) is 11.7. The number of likely N-dealkylation sites (N-methyl/N-ethyl adjacent to an activating group) is 1. The van der Waals surface area contributed by atoms with Gasteiger partial charge in [0.2, 0.25) is 21.7 Å². The summed E-state index contributed by atoms with van der Waals surface area (Å²) in [4.78, 5) is 71.7. The molecule has 294 valence electrons. The largest absolute Gasteiger partial charge is 0.334 e. The summed E-state index contributed by atoms with van der Waals surface area (Å²) >= 11 is 0. The van der Waals surface area contributed by atoms with Gasteiger partial charge >= 0.3 is 6.03 Å². The van der Waals surface area contributed by atoms with E-state index in [0.29, 0.717) is 25.3 Å². The van der Waals surface area contributed by atoms with Crippen molar-refractivity contribution in [1.29, 1.82) is 0 Å². The normalized spacial score (nSPS) is 25.9. The van der Waals surface area contributed by atoms with E-state index in [4.69, 9.17) is 0 Å². The van der Waals surface area contributed by atoms with E-state index in [9.17, 15) is 27.6 Å². The third-order valence-corrected chi connectivity index (χ3v) is 14.2. The molecule has 0 spiro atoms. The second-order valence-electron chi connectivity index (χ2n) is 18.6. The van der Waals surface area contributed by atoms with Gasteiger partial charge in [0.25, 0.3) is 0 Å². The number of nitrogens with one attached hydrogen (secondary N) is 2. The molecule has 1 aliphatic heterocycles. The zero-order valence-electron chi connectivity index (χ0n) is 33.1. The van der Waals surface area contributed by atoms with Crippen LogP contribution in [0.3, 0.4) is 0 Å². The van der Waals surface area contributed by atoms with Crippen LogP contribution in [0.1, 0.15) is 125 Å². The van der Waals surface area contributed by atoms with Crippen molar-refractivity contribution >= 4 is 39.3 Å². The number of carbonyl (C=O) groups excluding carboxylic acids is 5. The number of hydrogen-bond acceptors (Lipinski definition) is 7. The zero-order valence-corrected chi connectivity index (χ0v) is 33.9. The minimum absolute atomic E-state index is 0.0591. The predicted octanol–water partition coefficient (Wildman–Crippen LogP) is 5.67. The molecule has 0 bridgehead atoms. The molecular weight excluding hydrogens is 681 g/mol. The fourth-order valence-electron chi connectivity index (χ4n) is 9.06. The molecule has 2 N–H and O–H groups in total. The van der Waals surface area contributed by atoms with Crippen LogP contribution in [0.25, 0.3) is 0 Å². The predicted molar refractivity (Wildman–Crippen MR) is 203 cm³/mol. The lowest BCUT2D eigenvalue weighted by Gasteiger charge is -2.43. The number of sulfonamides is 1. The Morgan fingerprint density at radius 3 is 2.17 bits per heavy atom. The van der Waals surface area contributed by atoms with Gasteiger partial charge in [-0.3, -0.25) is 19.2 Å². The zero-order chi connectivity index (χ0) is 38.8. The molecule has 12 heteroatoms. The first kappa shape index (κ1) is 42.1. The minimum Gasteiger partial charge on any atom is -0.334 e. The highest BCUT2D eigenvalue weighted by atomic mass is 32.2. The van der Waals surface area contributed by atoms with E-state index in [0.717, 1.165) is 64.0 Å². The molecule has 4 fully saturated rings. The van der Waals surface area contributed by atoms with Crippen LogP contribution in [0.5, 0.6) is 0 Å². The molecule has 1 heterocycles. The Kier molecular flexibility index (Phi) is 13.3. The number of allylic oxidation sites excluding steroid dienone is 1. The van der Waals surface area contributed by atoms with Crippen LogP contribution in [0.2, 0.25) is 0 Å². The second-order valence-corrected chi connectivity index (χ2v) is 20.7. The molecule has 3 aliphatic carbocycles. The summed E-state index contributed by atoms with van der Waals surface area (Å²) in [5, 5.41) is 6.06. The number of rotatable bonds is 17. The van der Waals surface area contributed by atoms with Gasteiger partial charge in [-0.25, -0.2) is 17.5 Å². The number of hydrogen-bond donors (Lipinski definition) is 2. The lowest BCUT2D eigenvalue weighted by Crippen LogP contribution is -2.62. The number of ketones is 3.